The molecule has 0 saturated carbocycles. The smallest absolute Gasteiger partial charge is 0.422 e. The Morgan fingerprint density at radius 3 is 2.70 bits per heavy atom. The molecule has 180 valence electrons. The lowest BCUT2D eigenvalue weighted by Gasteiger charge is -2.35. The molecule has 1 saturated heterocycles. The Balaban J connectivity index is 1.71. The number of likely N-dealkylation sites (N-methyl/N-ethyl adjacent to an activating group) is 1. The summed E-state index contributed by atoms with van der Waals surface area (Å²) in [5.74, 6) is -1.41. The molecule has 2 N–H and O–H groups in total. The molecule has 2 aliphatic rings. The summed E-state index contributed by atoms with van der Waals surface area (Å²) in [6.45, 7) is 3.11. The third kappa shape index (κ3) is 5.02. The first-order valence-corrected chi connectivity index (χ1v) is 10.5. The van der Waals surface area contributed by atoms with Crippen LogP contribution in [0.5, 0.6) is 5.88 Å². The Labute approximate surface area is 190 Å². The minimum absolute atomic E-state index is 0.120. The Hall–Kier alpha value is -2.95. The minimum Gasteiger partial charge on any atom is -0.468 e. The molecule has 2 amide bonds. The highest BCUT2D eigenvalue weighted by atomic mass is 19.4. The molecule has 0 aromatic carbocycles. The predicted octanol–water partition coefficient (Wildman–Crippen LogP) is 2.10. The summed E-state index contributed by atoms with van der Waals surface area (Å²) >= 11 is 0. The van der Waals surface area contributed by atoms with Crippen LogP contribution in [0.4, 0.5) is 13.2 Å². The number of alkyl halides is 3. The SMILES string of the molecule is Cc1cc(C(C)N2C[C@@]3(C(=N)C(=O)NCCN(C)C)C=CC3C2=O)cnc1OCC(F)(F)F. The summed E-state index contributed by atoms with van der Waals surface area (Å²) < 4.78 is 42.0. The highest BCUT2D eigenvalue weighted by Gasteiger charge is 2.59. The Morgan fingerprint density at radius 2 is 2.15 bits per heavy atom. The molecule has 0 bridgehead atoms. The second-order valence-corrected chi connectivity index (χ2v) is 8.75. The van der Waals surface area contributed by atoms with Gasteiger partial charge in [-0.25, -0.2) is 4.98 Å². The van der Waals surface area contributed by atoms with E-state index in [4.69, 9.17) is 10.1 Å². The number of halogens is 3. The van der Waals surface area contributed by atoms with Gasteiger partial charge in [-0.2, -0.15) is 13.2 Å². The zero-order valence-electron chi connectivity index (χ0n) is 19.0. The van der Waals surface area contributed by atoms with Gasteiger partial charge >= 0.3 is 6.18 Å². The summed E-state index contributed by atoms with van der Waals surface area (Å²) in [5, 5.41) is 11.2. The summed E-state index contributed by atoms with van der Waals surface area (Å²) in [5.41, 5.74) is -0.0918. The lowest BCUT2D eigenvalue weighted by molar-refractivity contribution is -0.154. The van der Waals surface area contributed by atoms with Gasteiger partial charge < -0.3 is 19.9 Å². The number of carbonyl (C=O) groups excluding carboxylic acids is 2. The van der Waals surface area contributed by atoms with Crippen molar-refractivity contribution in [1.29, 1.82) is 5.41 Å². The third-order valence-corrected chi connectivity index (χ3v) is 6.03. The van der Waals surface area contributed by atoms with Crippen LogP contribution in [0.1, 0.15) is 24.1 Å². The fourth-order valence-electron chi connectivity index (χ4n) is 4.05. The molecule has 3 atom stereocenters. The summed E-state index contributed by atoms with van der Waals surface area (Å²) in [6.07, 6.45) is 0.351. The van der Waals surface area contributed by atoms with E-state index in [-0.39, 0.29) is 24.0 Å². The summed E-state index contributed by atoms with van der Waals surface area (Å²) in [4.78, 5) is 33.1. The third-order valence-electron chi connectivity index (χ3n) is 6.03. The van der Waals surface area contributed by atoms with Gasteiger partial charge in [0.2, 0.25) is 11.8 Å². The summed E-state index contributed by atoms with van der Waals surface area (Å²) in [6, 6.07) is 1.19. The fraction of sp³-hybridized carbons (Fsp3) is 0.545. The molecule has 0 radical (unpaired) electrons. The number of aryl methyl sites for hydroxylation is 1. The van der Waals surface area contributed by atoms with Crippen molar-refractivity contribution < 1.29 is 27.5 Å². The van der Waals surface area contributed by atoms with Crippen molar-refractivity contribution in [1.82, 2.24) is 20.1 Å². The maximum absolute atomic E-state index is 13.1. The van der Waals surface area contributed by atoms with Crippen molar-refractivity contribution >= 4 is 17.5 Å². The van der Waals surface area contributed by atoms with Crippen molar-refractivity contribution in [3.8, 4) is 5.88 Å². The van der Waals surface area contributed by atoms with Crippen molar-refractivity contribution in [2.24, 2.45) is 11.3 Å². The van der Waals surface area contributed by atoms with Crippen LogP contribution in [-0.2, 0) is 9.59 Å². The van der Waals surface area contributed by atoms with Crippen LogP contribution in [0.2, 0.25) is 0 Å². The largest absolute Gasteiger partial charge is 0.468 e. The van der Waals surface area contributed by atoms with E-state index in [1.54, 1.807) is 37.0 Å². The van der Waals surface area contributed by atoms with E-state index in [0.29, 0.717) is 24.2 Å². The van der Waals surface area contributed by atoms with Crippen LogP contribution in [-0.4, -0.2) is 78.8 Å². The number of fused-ring (bicyclic) bond motifs is 1. The van der Waals surface area contributed by atoms with E-state index >= 15 is 0 Å². The molecular weight excluding hydrogens is 439 g/mol. The maximum Gasteiger partial charge on any atom is 0.422 e. The molecule has 1 aliphatic carbocycles. The highest BCUT2D eigenvalue weighted by Crippen LogP contribution is 2.49. The molecule has 11 heteroatoms. The number of likely N-dealkylation sites (tertiary alicyclic amines) is 1. The van der Waals surface area contributed by atoms with E-state index in [1.165, 1.54) is 6.20 Å². The van der Waals surface area contributed by atoms with Gasteiger partial charge in [0.15, 0.2) is 6.61 Å². The van der Waals surface area contributed by atoms with E-state index < -0.39 is 36.1 Å². The van der Waals surface area contributed by atoms with Crippen molar-refractivity contribution in [2.45, 2.75) is 26.1 Å². The van der Waals surface area contributed by atoms with E-state index in [9.17, 15) is 22.8 Å². The van der Waals surface area contributed by atoms with Gasteiger partial charge in [0.1, 0.15) is 5.71 Å². The standard InChI is InChI=1S/C22H28F3N5O3/c1-13-9-15(10-28-19(13)33-12-22(23,24)25)14(2)30-11-21(6-5-16(21)20(30)32)17(26)18(31)27-7-8-29(3)4/h5-6,9-10,14,16,26H,7-8,11-12H2,1-4H3,(H,27,31)/t14?,16?,21-/m0/s1. The number of ether oxygens (including phenoxy) is 1. The monoisotopic (exact) mass is 467 g/mol. The Morgan fingerprint density at radius 1 is 1.45 bits per heavy atom. The van der Waals surface area contributed by atoms with Gasteiger partial charge in [0.25, 0.3) is 5.91 Å². The molecular formula is C22H28F3N5O3. The molecule has 0 spiro atoms. The molecule has 3 rings (SSSR count). The highest BCUT2D eigenvalue weighted by molar-refractivity contribution is 6.41. The Kier molecular flexibility index (Phi) is 6.83. The van der Waals surface area contributed by atoms with Crippen LogP contribution < -0.4 is 10.1 Å². The predicted molar refractivity (Wildman–Crippen MR) is 115 cm³/mol. The normalized spacial score (nSPS) is 22.7. The van der Waals surface area contributed by atoms with Crippen LogP contribution in [0.25, 0.3) is 0 Å². The molecule has 2 unspecified atom stereocenters. The molecule has 1 fully saturated rings. The number of nitrogens with zero attached hydrogens (tertiary/aromatic N) is 3. The average molecular weight is 467 g/mol. The van der Waals surface area contributed by atoms with Crippen molar-refractivity contribution in [3.05, 3.63) is 35.5 Å². The lowest BCUT2D eigenvalue weighted by Crippen LogP contribution is -2.49. The summed E-state index contributed by atoms with van der Waals surface area (Å²) in [7, 11) is 3.75. The van der Waals surface area contributed by atoms with Gasteiger partial charge in [-0.05, 0) is 39.6 Å². The van der Waals surface area contributed by atoms with Crippen LogP contribution in [0.15, 0.2) is 24.4 Å². The Bertz CT molecular complexity index is 979. The van der Waals surface area contributed by atoms with Gasteiger partial charge in [-0.1, -0.05) is 12.2 Å². The quantitative estimate of drug-likeness (QED) is 0.428. The minimum atomic E-state index is -4.47. The van der Waals surface area contributed by atoms with Gasteiger partial charge in [0, 0.05) is 31.4 Å². The lowest BCUT2D eigenvalue weighted by atomic mass is 9.65. The number of aromatic nitrogens is 1. The second kappa shape index (κ2) is 9.12. The first kappa shape index (κ1) is 24.7. The second-order valence-electron chi connectivity index (χ2n) is 8.75. The molecule has 33 heavy (non-hydrogen) atoms. The number of rotatable bonds is 9. The van der Waals surface area contributed by atoms with Crippen molar-refractivity contribution in [2.75, 3.05) is 40.3 Å². The topological polar surface area (TPSA) is 98.6 Å². The number of amides is 2. The van der Waals surface area contributed by atoms with E-state index in [1.807, 2.05) is 19.0 Å². The van der Waals surface area contributed by atoms with Gasteiger partial charge in [-0.3, -0.25) is 15.0 Å². The van der Waals surface area contributed by atoms with Gasteiger partial charge in [0.05, 0.1) is 17.4 Å². The molecule has 1 aromatic rings. The molecule has 1 aromatic heterocycles. The zero-order chi connectivity index (χ0) is 24.6. The first-order valence-electron chi connectivity index (χ1n) is 10.5. The van der Waals surface area contributed by atoms with Gasteiger partial charge in [-0.15, -0.1) is 0 Å². The average Bonchev–Trinajstić information content (AvgIpc) is 2.90. The van der Waals surface area contributed by atoms with Crippen LogP contribution in [0, 0.1) is 23.7 Å². The number of nitrogens with one attached hydrogen (secondary N) is 2. The van der Waals surface area contributed by atoms with Crippen LogP contribution in [0.3, 0.4) is 0 Å². The molecule has 1 aliphatic heterocycles. The number of pyridine rings is 1. The molecule has 2 heterocycles. The maximum atomic E-state index is 13.1. The van der Waals surface area contributed by atoms with E-state index in [2.05, 4.69) is 10.3 Å². The molecule has 8 nitrogen and oxygen atoms in total. The number of hydrogen-bond donors (Lipinski definition) is 2. The number of carbonyl (C=O) groups is 2. The number of hydrogen-bond acceptors (Lipinski definition) is 6. The van der Waals surface area contributed by atoms with Crippen molar-refractivity contribution in [3.63, 3.8) is 0 Å². The zero-order valence-corrected chi connectivity index (χ0v) is 19.0. The first-order chi connectivity index (χ1) is 15.4. The van der Waals surface area contributed by atoms with Crippen LogP contribution >= 0.6 is 0 Å². The van der Waals surface area contributed by atoms with E-state index in [0.717, 1.165) is 0 Å². The fourth-order valence-corrected chi connectivity index (χ4v) is 4.05.